The van der Waals surface area contributed by atoms with Crippen LogP contribution < -0.4 is 16.8 Å². The predicted octanol–water partition coefficient (Wildman–Crippen LogP) is 3.70. The average Bonchev–Trinajstić information content (AvgIpc) is 3.17. The van der Waals surface area contributed by atoms with Gasteiger partial charge in [0.25, 0.3) is 5.91 Å². The van der Waals surface area contributed by atoms with E-state index in [2.05, 4.69) is 26.8 Å². The topological polar surface area (TPSA) is 125 Å². The number of amides is 1. The summed E-state index contributed by atoms with van der Waals surface area (Å²) in [5.41, 5.74) is 16.4. The lowest BCUT2D eigenvalue weighted by molar-refractivity contribution is 0.0953. The molecule has 0 unspecified atom stereocenters. The normalized spacial score (nSPS) is 11.3. The van der Waals surface area contributed by atoms with Gasteiger partial charge in [0.1, 0.15) is 22.4 Å². The van der Waals surface area contributed by atoms with Crippen LogP contribution >= 0.6 is 0 Å². The second-order valence-electron chi connectivity index (χ2n) is 7.93. The molecule has 4 aromatic rings. The van der Waals surface area contributed by atoms with Crippen LogP contribution in [0.15, 0.2) is 42.6 Å². The molecule has 0 spiro atoms. The Bertz CT molecular complexity index is 1230. The molecule has 8 heteroatoms. The Morgan fingerprint density at radius 1 is 1.03 bits per heavy atom. The fraction of sp³-hybridized carbons (Fsp3) is 0.333. The highest BCUT2D eigenvalue weighted by Gasteiger charge is 2.17. The average molecular weight is 432 g/mol. The molecule has 0 aliphatic heterocycles. The molecule has 1 aromatic carbocycles. The zero-order chi connectivity index (χ0) is 22.5. The van der Waals surface area contributed by atoms with Gasteiger partial charge in [-0.05, 0) is 55.7 Å². The van der Waals surface area contributed by atoms with Crippen LogP contribution in [0.4, 0.5) is 11.5 Å². The lowest BCUT2D eigenvalue weighted by Gasteiger charge is -2.11. The van der Waals surface area contributed by atoms with Gasteiger partial charge in [-0.25, -0.2) is 9.97 Å². The molecule has 1 amide bonds. The number of unbranched alkanes of at least 4 members (excludes halogenated alkanes) is 2. The van der Waals surface area contributed by atoms with Crippen molar-refractivity contribution in [3.63, 3.8) is 0 Å². The second-order valence-corrected chi connectivity index (χ2v) is 7.93. The fourth-order valence-electron chi connectivity index (χ4n) is 3.87. The van der Waals surface area contributed by atoms with E-state index in [9.17, 15) is 4.79 Å². The molecule has 0 radical (unpaired) electrons. The third-order valence-corrected chi connectivity index (χ3v) is 5.56. The van der Waals surface area contributed by atoms with Gasteiger partial charge >= 0.3 is 0 Å². The summed E-state index contributed by atoms with van der Waals surface area (Å²) in [6, 6.07) is 10.7. The number of carbonyl (C=O) groups is 1. The molecule has 4 rings (SSSR count). The van der Waals surface area contributed by atoms with Gasteiger partial charge in [0.2, 0.25) is 0 Å². The van der Waals surface area contributed by atoms with Gasteiger partial charge in [-0.3, -0.25) is 9.78 Å². The lowest BCUT2D eigenvalue weighted by Crippen LogP contribution is -2.24. The number of anilines is 2. The van der Waals surface area contributed by atoms with Crippen molar-refractivity contribution in [2.24, 2.45) is 0 Å². The second kappa shape index (κ2) is 9.64. The summed E-state index contributed by atoms with van der Waals surface area (Å²) in [5.74, 6) is 1.36. The summed E-state index contributed by atoms with van der Waals surface area (Å²) in [6.45, 7) is 3.55. The van der Waals surface area contributed by atoms with Crippen molar-refractivity contribution in [3.8, 4) is 0 Å². The highest BCUT2D eigenvalue weighted by molar-refractivity contribution is 6.04. The Hall–Kier alpha value is -3.68. The summed E-state index contributed by atoms with van der Waals surface area (Å²) < 4.78 is 2.24. The number of benzene rings is 1. The number of nitrogens with two attached hydrogens (primary N) is 2. The van der Waals surface area contributed by atoms with E-state index in [4.69, 9.17) is 16.5 Å². The molecule has 166 valence electrons. The summed E-state index contributed by atoms with van der Waals surface area (Å²) in [7, 11) is 0. The molecule has 0 saturated carbocycles. The Balaban J connectivity index is 1.49. The predicted molar refractivity (Wildman–Crippen MR) is 128 cm³/mol. The van der Waals surface area contributed by atoms with E-state index in [1.54, 1.807) is 30.5 Å². The first-order chi connectivity index (χ1) is 15.6. The number of nitrogens with one attached hydrogen (secondary N) is 1. The van der Waals surface area contributed by atoms with Gasteiger partial charge in [-0.1, -0.05) is 13.3 Å². The Morgan fingerprint density at radius 3 is 2.62 bits per heavy atom. The number of imidazole rings is 1. The Kier molecular flexibility index (Phi) is 6.49. The van der Waals surface area contributed by atoms with Crippen molar-refractivity contribution in [1.29, 1.82) is 0 Å². The van der Waals surface area contributed by atoms with E-state index < -0.39 is 0 Å². The Labute approximate surface area is 187 Å². The molecule has 0 atom stereocenters. The summed E-state index contributed by atoms with van der Waals surface area (Å²) in [5, 5.41) is 2.98. The zero-order valence-electron chi connectivity index (χ0n) is 18.3. The summed E-state index contributed by atoms with van der Waals surface area (Å²) in [4.78, 5) is 26.2. The van der Waals surface area contributed by atoms with E-state index in [1.807, 2.05) is 12.1 Å². The molecule has 32 heavy (non-hydrogen) atoms. The Morgan fingerprint density at radius 2 is 1.84 bits per heavy atom. The van der Waals surface area contributed by atoms with Gasteiger partial charge < -0.3 is 21.4 Å². The molecule has 0 aliphatic carbocycles. The molecular weight excluding hydrogens is 402 g/mol. The maximum atomic E-state index is 12.3. The number of hydrogen-bond acceptors (Lipinski definition) is 6. The largest absolute Gasteiger partial charge is 0.399 e. The van der Waals surface area contributed by atoms with Gasteiger partial charge in [0.15, 0.2) is 5.82 Å². The minimum absolute atomic E-state index is 0.0873. The monoisotopic (exact) mass is 431 g/mol. The first kappa shape index (κ1) is 21.5. The highest BCUT2D eigenvalue weighted by Crippen LogP contribution is 2.28. The third kappa shape index (κ3) is 4.49. The minimum Gasteiger partial charge on any atom is -0.399 e. The SMILES string of the molecule is CCCCc1nc2c(N)nc3cccnc3c2n1CCCCNC(=O)c1ccc(N)cc1. The summed E-state index contributed by atoms with van der Waals surface area (Å²) >= 11 is 0. The molecule has 0 bridgehead atoms. The lowest BCUT2D eigenvalue weighted by atomic mass is 10.2. The number of aryl methyl sites for hydroxylation is 2. The first-order valence-corrected chi connectivity index (χ1v) is 11.1. The molecule has 0 fully saturated rings. The smallest absolute Gasteiger partial charge is 0.251 e. The minimum atomic E-state index is -0.0873. The first-order valence-electron chi connectivity index (χ1n) is 11.1. The van der Waals surface area contributed by atoms with Crippen LogP contribution in [0.3, 0.4) is 0 Å². The van der Waals surface area contributed by atoms with Gasteiger partial charge in [0, 0.05) is 37.0 Å². The van der Waals surface area contributed by atoms with E-state index in [-0.39, 0.29) is 5.91 Å². The van der Waals surface area contributed by atoms with E-state index in [0.717, 1.165) is 66.5 Å². The van der Waals surface area contributed by atoms with Gasteiger partial charge in [-0.15, -0.1) is 0 Å². The zero-order valence-corrected chi connectivity index (χ0v) is 18.3. The van der Waals surface area contributed by atoms with Gasteiger partial charge in [0.05, 0.1) is 5.52 Å². The number of carbonyl (C=O) groups excluding carboxylic acids is 1. The van der Waals surface area contributed by atoms with Crippen molar-refractivity contribution in [2.45, 2.75) is 45.6 Å². The number of nitrogen functional groups attached to an aromatic ring is 2. The summed E-state index contributed by atoms with van der Waals surface area (Å²) in [6.07, 6.45) is 6.54. The van der Waals surface area contributed by atoms with Crippen LogP contribution in [-0.2, 0) is 13.0 Å². The maximum absolute atomic E-state index is 12.3. The van der Waals surface area contributed by atoms with Crippen LogP contribution in [-0.4, -0.2) is 32.0 Å². The molecule has 8 nitrogen and oxygen atoms in total. The van der Waals surface area contributed by atoms with Crippen LogP contribution in [0.5, 0.6) is 0 Å². The van der Waals surface area contributed by atoms with Crippen LogP contribution in [0.25, 0.3) is 22.1 Å². The number of fused-ring (bicyclic) bond motifs is 3. The number of pyridine rings is 2. The van der Waals surface area contributed by atoms with Crippen molar-refractivity contribution in [1.82, 2.24) is 24.8 Å². The molecular formula is C24H29N7O. The van der Waals surface area contributed by atoms with Crippen molar-refractivity contribution >= 4 is 39.5 Å². The molecule has 3 aromatic heterocycles. The molecule has 0 aliphatic rings. The maximum Gasteiger partial charge on any atom is 0.251 e. The van der Waals surface area contributed by atoms with Crippen LogP contribution in [0.2, 0.25) is 0 Å². The highest BCUT2D eigenvalue weighted by atomic mass is 16.1. The van der Waals surface area contributed by atoms with Crippen molar-refractivity contribution in [3.05, 3.63) is 54.0 Å². The third-order valence-electron chi connectivity index (χ3n) is 5.56. The fourth-order valence-corrected chi connectivity index (χ4v) is 3.87. The van der Waals surface area contributed by atoms with Crippen LogP contribution in [0.1, 0.15) is 48.8 Å². The number of nitrogens with zero attached hydrogens (tertiary/aromatic N) is 4. The number of aromatic nitrogens is 4. The van der Waals surface area contributed by atoms with E-state index >= 15 is 0 Å². The molecule has 5 N–H and O–H groups in total. The quantitative estimate of drug-likeness (QED) is 0.274. The number of rotatable bonds is 9. The number of hydrogen-bond donors (Lipinski definition) is 3. The van der Waals surface area contributed by atoms with E-state index in [0.29, 0.717) is 23.6 Å². The standard InChI is InChI=1S/C24H29N7O/c1-2-3-8-19-30-21-22(20-18(29-23(21)26)7-6-14-27-20)31(19)15-5-4-13-28-24(32)16-9-11-17(25)12-10-16/h6-7,9-12,14H,2-5,8,13,15,25H2,1H3,(H2,26,29)(H,28,32). The van der Waals surface area contributed by atoms with Crippen LogP contribution in [0, 0.1) is 0 Å². The molecule has 3 heterocycles. The van der Waals surface area contributed by atoms with Crippen molar-refractivity contribution in [2.75, 3.05) is 18.0 Å². The van der Waals surface area contributed by atoms with Gasteiger partial charge in [-0.2, -0.15) is 0 Å². The molecule has 0 saturated heterocycles. The van der Waals surface area contributed by atoms with E-state index in [1.165, 1.54) is 0 Å². The van der Waals surface area contributed by atoms with Crippen molar-refractivity contribution < 1.29 is 4.79 Å².